The molecule has 2 aromatic rings. The lowest BCUT2D eigenvalue weighted by molar-refractivity contribution is -0.134. The van der Waals surface area contributed by atoms with Gasteiger partial charge in [0.2, 0.25) is 5.91 Å². The van der Waals surface area contributed by atoms with Crippen molar-refractivity contribution in [3.63, 3.8) is 0 Å². The van der Waals surface area contributed by atoms with Gasteiger partial charge in [-0.3, -0.25) is 9.78 Å². The number of hydrogen-bond donors (Lipinski definition) is 0. The Morgan fingerprint density at radius 3 is 2.68 bits per heavy atom. The smallest absolute Gasteiger partial charge is 0.223 e. The Labute approximate surface area is 166 Å². The van der Waals surface area contributed by atoms with Gasteiger partial charge in [0, 0.05) is 30.9 Å². The lowest BCUT2D eigenvalue weighted by atomic mass is 10.1. The highest BCUT2D eigenvalue weighted by Gasteiger charge is 2.27. The number of aryl methyl sites for hydroxylation is 1. The summed E-state index contributed by atoms with van der Waals surface area (Å²) in [5.41, 5.74) is 2.16. The predicted molar refractivity (Wildman–Crippen MR) is 107 cm³/mol. The first-order valence-electron chi connectivity index (χ1n) is 10.4. The second-order valence-electron chi connectivity index (χ2n) is 7.61. The number of rotatable bonds is 7. The molecule has 0 spiro atoms. The van der Waals surface area contributed by atoms with E-state index >= 15 is 0 Å². The molecular weight excluding hydrogens is 352 g/mol. The molecule has 5 nitrogen and oxygen atoms in total. The van der Waals surface area contributed by atoms with Crippen molar-refractivity contribution in [3.8, 4) is 11.5 Å². The van der Waals surface area contributed by atoms with Crippen LogP contribution < -0.4 is 9.47 Å². The zero-order chi connectivity index (χ0) is 19.2. The molecule has 4 rings (SSSR count). The minimum absolute atomic E-state index is 0.248. The summed E-state index contributed by atoms with van der Waals surface area (Å²) in [5, 5.41) is 0. The van der Waals surface area contributed by atoms with Crippen LogP contribution in [0.1, 0.15) is 49.8 Å². The zero-order valence-electron chi connectivity index (χ0n) is 16.3. The summed E-state index contributed by atoms with van der Waals surface area (Å²) in [6.45, 7) is 1.81. The highest BCUT2D eigenvalue weighted by Crippen LogP contribution is 2.32. The Kier molecular flexibility index (Phi) is 6.10. The van der Waals surface area contributed by atoms with E-state index in [0.717, 1.165) is 48.4 Å². The molecule has 0 saturated heterocycles. The van der Waals surface area contributed by atoms with Crippen LogP contribution in [-0.4, -0.2) is 35.0 Å². The zero-order valence-corrected chi connectivity index (χ0v) is 16.3. The number of hydrogen-bond acceptors (Lipinski definition) is 4. The number of pyridine rings is 1. The SMILES string of the molecule is O=C(CCCc1ccccn1)N(Cc1ccc2c(c1)OCCO2)C1CCCC1. The molecule has 1 aromatic heterocycles. The first-order chi connectivity index (χ1) is 13.8. The van der Waals surface area contributed by atoms with E-state index < -0.39 is 0 Å². The van der Waals surface area contributed by atoms with Gasteiger partial charge in [-0.25, -0.2) is 0 Å². The molecule has 0 radical (unpaired) electrons. The van der Waals surface area contributed by atoms with Crippen molar-refractivity contribution in [1.82, 2.24) is 9.88 Å². The number of ether oxygens (including phenoxy) is 2. The van der Waals surface area contributed by atoms with Crippen molar-refractivity contribution < 1.29 is 14.3 Å². The van der Waals surface area contributed by atoms with Gasteiger partial charge in [0.15, 0.2) is 11.5 Å². The molecule has 1 aliphatic carbocycles. The summed E-state index contributed by atoms with van der Waals surface area (Å²) in [7, 11) is 0. The maximum absolute atomic E-state index is 13.1. The third kappa shape index (κ3) is 4.64. The van der Waals surface area contributed by atoms with Crippen molar-refractivity contribution in [1.29, 1.82) is 0 Å². The molecule has 1 aliphatic heterocycles. The molecule has 1 saturated carbocycles. The normalized spacial score (nSPS) is 16.1. The van der Waals surface area contributed by atoms with Gasteiger partial charge in [0.1, 0.15) is 13.2 Å². The van der Waals surface area contributed by atoms with Gasteiger partial charge in [-0.1, -0.05) is 25.0 Å². The van der Waals surface area contributed by atoms with E-state index in [2.05, 4.69) is 16.0 Å². The van der Waals surface area contributed by atoms with Crippen LogP contribution in [0.15, 0.2) is 42.6 Å². The number of fused-ring (bicyclic) bond motifs is 1. The second-order valence-corrected chi connectivity index (χ2v) is 7.61. The molecule has 2 aliphatic rings. The summed E-state index contributed by atoms with van der Waals surface area (Å²) in [4.78, 5) is 19.5. The molecule has 1 amide bonds. The molecular formula is C23H28N2O3. The highest BCUT2D eigenvalue weighted by molar-refractivity contribution is 5.76. The molecule has 0 N–H and O–H groups in total. The van der Waals surface area contributed by atoms with Gasteiger partial charge in [-0.05, 0) is 55.5 Å². The van der Waals surface area contributed by atoms with Crippen LogP contribution in [0.4, 0.5) is 0 Å². The molecule has 0 unspecified atom stereocenters. The van der Waals surface area contributed by atoms with Gasteiger partial charge in [0.05, 0.1) is 0 Å². The van der Waals surface area contributed by atoms with Gasteiger partial charge in [-0.15, -0.1) is 0 Å². The Bertz CT molecular complexity index is 788. The summed E-state index contributed by atoms with van der Waals surface area (Å²) in [6.07, 6.45) is 8.69. The van der Waals surface area contributed by atoms with Crippen molar-refractivity contribution >= 4 is 5.91 Å². The first kappa shape index (κ1) is 18.8. The van der Waals surface area contributed by atoms with Gasteiger partial charge < -0.3 is 14.4 Å². The minimum Gasteiger partial charge on any atom is -0.486 e. The second kappa shape index (κ2) is 9.09. The molecule has 0 atom stereocenters. The van der Waals surface area contributed by atoms with Crippen molar-refractivity contribution in [3.05, 3.63) is 53.9 Å². The minimum atomic E-state index is 0.248. The van der Waals surface area contributed by atoms with Crippen LogP contribution in [0.25, 0.3) is 0 Å². The van der Waals surface area contributed by atoms with Crippen LogP contribution in [-0.2, 0) is 17.8 Å². The Balaban J connectivity index is 1.40. The summed E-state index contributed by atoms with van der Waals surface area (Å²) < 4.78 is 11.3. The van der Waals surface area contributed by atoms with E-state index in [1.54, 1.807) is 0 Å². The molecule has 1 fully saturated rings. The quantitative estimate of drug-likeness (QED) is 0.724. The van der Waals surface area contributed by atoms with Gasteiger partial charge in [0.25, 0.3) is 0 Å². The summed E-state index contributed by atoms with van der Waals surface area (Å²) in [5.74, 6) is 1.83. The number of amides is 1. The monoisotopic (exact) mass is 380 g/mol. The van der Waals surface area contributed by atoms with Crippen LogP contribution in [0, 0.1) is 0 Å². The third-order valence-corrected chi connectivity index (χ3v) is 5.60. The van der Waals surface area contributed by atoms with E-state index in [1.807, 2.05) is 36.5 Å². The summed E-state index contributed by atoms with van der Waals surface area (Å²) in [6, 6.07) is 12.3. The summed E-state index contributed by atoms with van der Waals surface area (Å²) >= 11 is 0. The van der Waals surface area contributed by atoms with Crippen molar-refractivity contribution in [2.75, 3.05) is 13.2 Å². The fourth-order valence-electron chi connectivity index (χ4n) is 4.13. The lowest BCUT2D eigenvalue weighted by Gasteiger charge is -2.30. The maximum Gasteiger partial charge on any atom is 0.223 e. The number of carbonyl (C=O) groups excluding carboxylic acids is 1. The fourth-order valence-corrected chi connectivity index (χ4v) is 4.13. The van der Waals surface area contributed by atoms with Crippen LogP contribution in [0.3, 0.4) is 0 Å². The molecule has 5 heteroatoms. The molecule has 2 heterocycles. The molecule has 148 valence electrons. The average molecular weight is 380 g/mol. The maximum atomic E-state index is 13.1. The van der Waals surface area contributed by atoms with Crippen LogP contribution in [0.2, 0.25) is 0 Å². The third-order valence-electron chi connectivity index (χ3n) is 5.60. The first-order valence-corrected chi connectivity index (χ1v) is 10.4. The highest BCUT2D eigenvalue weighted by atomic mass is 16.6. The fraction of sp³-hybridized carbons (Fsp3) is 0.478. The topological polar surface area (TPSA) is 51.7 Å². The standard InChI is InChI=1S/C23H28N2O3/c26-23(10-5-7-19-6-3-4-13-24-19)25(20-8-1-2-9-20)17-18-11-12-21-22(16-18)28-15-14-27-21/h3-4,6,11-13,16,20H,1-2,5,7-10,14-15,17H2. The van der Waals surface area contributed by atoms with Crippen molar-refractivity contribution in [2.24, 2.45) is 0 Å². The van der Waals surface area contributed by atoms with Gasteiger partial charge >= 0.3 is 0 Å². The number of aromatic nitrogens is 1. The molecule has 28 heavy (non-hydrogen) atoms. The van der Waals surface area contributed by atoms with E-state index in [4.69, 9.17) is 9.47 Å². The molecule has 1 aromatic carbocycles. The Hall–Kier alpha value is -2.56. The van der Waals surface area contributed by atoms with Gasteiger partial charge in [-0.2, -0.15) is 0 Å². The Morgan fingerprint density at radius 1 is 1.07 bits per heavy atom. The van der Waals surface area contributed by atoms with E-state index in [0.29, 0.717) is 32.2 Å². The van der Waals surface area contributed by atoms with Crippen molar-refractivity contribution in [2.45, 2.75) is 57.5 Å². The Morgan fingerprint density at radius 2 is 1.89 bits per heavy atom. The van der Waals surface area contributed by atoms with E-state index in [-0.39, 0.29) is 5.91 Å². The van der Waals surface area contributed by atoms with E-state index in [9.17, 15) is 4.79 Å². The largest absolute Gasteiger partial charge is 0.486 e. The lowest BCUT2D eigenvalue weighted by Crippen LogP contribution is -2.38. The predicted octanol–water partition coefficient (Wildman–Crippen LogP) is 4.15. The average Bonchev–Trinajstić information content (AvgIpc) is 3.27. The number of nitrogens with zero attached hydrogens (tertiary/aromatic N) is 2. The number of carbonyl (C=O) groups is 1. The van der Waals surface area contributed by atoms with Crippen LogP contribution >= 0.6 is 0 Å². The number of benzene rings is 1. The van der Waals surface area contributed by atoms with Crippen LogP contribution in [0.5, 0.6) is 11.5 Å². The van der Waals surface area contributed by atoms with E-state index in [1.165, 1.54) is 12.8 Å². The molecule has 0 bridgehead atoms.